The van der Waals surface area contributed by atoms with Gasteiger partial charge in [-0.15, -0.1) is 11.8 Å². The molecule has 124 valence electrons. The lowest BCUT2D eigenvalue weighted by molar-refractivity contribution is -0.138. The largest absolute Gasteiger partial charge is 0.344 e. The molecule has 2 amide bonds. The van der Waals surface area contributed by atoms with Crippen LogP contribution in [0, 0.1) is 11.7 Å². The molecule has 0 N–H and O–H groups in total. The number of halogens is 1. The molecule has 1 unspecified atom stereocenters. The molecule has 1 heterocycles. The number of nitrogens with zero attached hydrogens (tertiary/aromatic N) is 2. The molecule has 1 aliphatic carbocycles. The normalized spacial score (nSPS) is 21.4. The van der Waals surface area contributed by atoms with Crippen LogP contribution < -0.4 is 0 Å². The Kier molecular flexibility index (Phi) is 4.90. The molecule has 2 aliphatic rings. The molecule has 0 bridgehead atoms. The predicted octanol–water partition coefficient (Wildman–Crippen LogP) is 2.66. The van der Waals surface area contributed by atoms with Crippen LogP contribution in [0.15, 0.2) is 24.3 Å². The van der Waals surface area contributed by atoms with Gasteiger partial charge < -0.3 is 9.80 Å². The first-order valence-electron chi connectivity index (χ1n) is 7.98. The lowest BCUT2D eigenvalue weighted by Gasteiger charge is -2.31. The summed E-state index contributed by atoms with van der Waals surface area (Å²) in [6.45, 7) is 1.01. The van der Waals surface area contributed by atoms with Gasteiger partial charge in [0.25, 0.3) is 0 Å². The van der Waals surface area contributed by atoms with E-state index in [1.54, 1.807) is 22.9 Å². The fourth-order valence-corrected chi connectivity index (χ4v) is 4.18. The van der Waals surface area contributed by atoms with E-state index >= 15 is 0 Å². The second kappa shape index (κ2) is 6.91. The highest BCUT2D eigenvalue weighted by atomic mass is 32.2. The monoisotopic (exact) mass is 336 g/mol. The van der Waals surface area contributed by atoms with E-state index < -0.39 is 0 Å². The van der Waals surface area contributed by atoms with Crippen molar-refractivity contribution in [3.63, 3.8) is 0 Å². The molecule has 1 aliphatic heterocycles. The summed E-state index contributed by atoms with van der Waals surface area (Å²) in [7, 11) is 1.80. The van der Waals surface area contributed by atoms with Gasteiger partial charge in [-0.2, -0.15) is 0 Å². The zero-order valence-electron chi connectivity index (χ0n) is 13.2. The van der Waals surface area contributed by atoms with Gasteiger partial charge in [-0.05, 0) is 30.5 Å². The highest BCUT2D eigenvalue weighted by Crippen LogP contribution is 2.38. The molecule has 1 aromatic rings. The minimum absolute atomic E-state index is 0.0498. The topological polar surface area (TPSA) is 40.6 Å². The van der Waals surface area contributed by atoms with Crippen LogP contribution in [0.1, 0.15) is 30.2 Å². The zero-order chi connectivity index (χ0) is 16.4. The average Bonchev–Trinajstić information content (AvgIpc) is 2.84. The van der Waals surface area contributed by atoms with E-state index in [2.05, 4.69) is 0 Å². The highest BCUT2D eigenvalue weighted by molar-refractivity contribution is 8.00. The molecule has 3 rings (SSSR count). The fraction of sp³-hybridized carbons (Fsp3) is 0.529. The first kappa shape index (κ1) is 16.3. The Morgan fingerprint density at radius 2 is 2.22 bits per heavy atom. The lowest BCUT2D eigenvalue weighted by atomic mass is 9.84. The summed E-state index contributed by atoms with van der Waals surface area (Å²) < 4.78 is 13.4. The maximum absolute atomic E-state index is 13.4. The number of benzene rings is 1. The van der Waals surface area contributed by atoms with Gasteiger partial charge in [0.2, 0.25) is 11.8 Å². The molecule has 1 atom stereocenters. The van der Waals surface area contributed by atoms with Crippen LogP contribution in [0.2, 0.25) is 0 Å². The van der Waals surface area contributed by atoms with Crippen LogP contribution in [0.4, 0.5) is 4.39 Å². The lowest BCUT2D eigenvalue weighted by Crippen LogP contribution is -2.41. The average molecular weight is 336 g/mol. The summed E-state index contributed by atoms with van der Waals surface area (Å²) in [5.41, 5.74) is 0.800. The Labute approximate surface area is 140 Å². The van der Waals surface area contributed by atoms with Gasteiger partial charge in [-0.1, -0.05) is 18.6 Å². The third-order valence-corrected chi connectivity index (χ3v) is 5.86. The third kappa shape index (κ3) is 3.52. The number of hydrogen-bond donors (Lipinski definition) is 0. The van der Waals surface area contributed by atoms with Crippen molar-refractivity contribution in [3.8, 4) is 0 Å². The Morgan fingerprint density at radius 3 is 2.87 bits per heavy atom. The van der Waals surface area contributed by atoms with Crippen LogP contribution in [0.25, 0.3) is 0 Å². The molecule has 0 aromatic heterocycles. The number of thioether (sulfide) groups is 1. The molecule has 23 heavy (non-hydrogen) atoms. The van der Waals surface area contributed by atoms with E-state index in [-0.39, 0.29) is 28.9 Å². The number of rotatable bonds is 5. The molecule has 6 heteroatoms. The van der Waals surface area contributed by atoms with E-state index in [1.807, 2.05) is 6.07 Å². The second-order valence-electron chi connectivity index (χ2n) is 6.19. The van der Waals surface area contributed by atoms with Crippen molar-refractivity contribution in [2.45, 2.75) is 24.6 Å². The molecule has 0 radical (unpaired) electrons. The van der Waals surface area contributed by atoms with E-state index in [9.17, 15) is 14.0 Å². The standard InChI is InChI=1S/C17H21FN2O2S/c1-19(16(22)12-4-2-5-12)8-9-20-15(21)11-23-17(20)13-6-3-7-14(18)10-13/h3,6-7,10,12,17H,2,4-5,8-9,11H2,1H3. The summed E-state index contributed by atoms with van der Waals surface area (Å²) in [4.78, 5) is 27.8. The van der Waals surface area contributed by atoms with Gasteiger partial charge in [0.1, 0.15) is 11.2 Å². The van der Waals surface area contributed by atoms with Crippen molar-refractivity contribution in [1.82, 2.24) is 9.80 Å². The molecular weight excluding hydrogens is 315 g/mol. The number of carbonyl (C=O) groups is 2. The molecule has 0 spiro atoms. The SMILES string of the molecule is CN(CCN1C(=O)CSC1c1cccc(F)c1)C(=O)C1CCC1. The minimum atomic E-state index is -0.292. The van der Waals surface area contributed by atoms with Crippen LogP contribution in [0.3, 0.4) is 0 Å². The van der Waals surface area contributed by atoms with Crippen molar-refractivity contribution in [1.29, 1.82) is 0 Å². The summed E-state index contributed by atoms with van der Waals surface area (Å²) >= 11 is 1.51. The first-order chi connectivity index (χ1) is 11.1. The first-order valence-corrected chi connectivity index (χ1v) is 9.02. The Hall–Kier alpha value is -1.56. The van der Waals surface area contributed by atoms with Gasteiger partial charge in [0.15, 0.2) is 0 Å². The Balaban J connectivity index is 1.62. The molecule has 4 nitrogen and oxygen atoms in total. The fourth-order valence-electron chi connectivity index (χ4n) is 2.97. The van der Waals surface area contributed by atoms with Gasteiger partial charge in [-0.3, -0.25) is 9.59 Å². The molecule has 1 saturated heterocycles. The highest BCUT2D eigenvalue weighted by Gasteiger charge is 2.34. The van der Waals surface area contributed by atoms with E-state index in [0.717, 1.165) is 24.8 Å². The van der Waals surface area contributed by atoms with Gasteiger partial charge in [-0.25, -0.2) is 4.39 Å². The summed E-state index contributed by atoms with van der Waals surface area (Å²) in [5, 5.41) is -0.162. The smallest absolute Gasteiger partial charge is 0.233 e. The Bertz CT molecular complexity index is 606. The summed E-state index contributed by atoms with van der Waals surface area (Å²) in [5.74, 6) is 0.510. The van der Waals surface area contributed by atoms with Crippen LogP contribution >= 0.6 is 11.8 Å². The number of carbonyl (C=O) groups excluding carboxylic acids is 2. The maximum Gasteiger partial charge on any atom is 0.233 e. The van der Waals surface area contributed by atoms with E-state index in [1.165, 1.54) is 23.9 Å². The predicted molar refractivity (Wildman–Crippen MR) is 88.3 cm³/mol. The van der Waals surface area contributed by atoms with Crippen molar-refractivity contribution < 1.29 is 14.0 Å². The third-order valence-electron chi connectivity index (χ3n) is 4.61. The quantitative estimate of drug-likeness (QED) is 0.830. The van der Waals surface area contributed by atoms with Crippen LogP contribution in [-0.4, -0.2) is 47.5 Å². The maximum atomic E-state index is 13.4. The number of amides is 2. The van der Waals surface area contributed by atoms with Gasteiger partial charge >= 0.3 is 0 Å². The van der Waals surface area contributed by atoms with Crippen molar-refractivity contribution in [3.05, 3.63) is 35.6 Å². The Morgan fingerprint density at radius 1 is 1.43 bits per heavy atom. The minimum Gasteiger partial charge on any atom is -0.344 e. The van der Waals surface area contributed by atoms with Crippen molar-refractivity contribution in [2.75, 3.05) is 25.9 Å². The second-order valence-corrected chi connectivity index (χ2v) is 7.26. The molecule has 1 aromatic carbocycles. The molecule has 1 saturated carbocycles. The number of likely N-dealkylation sites (N-methyl/N-ethyl adjacent to an activating group) is 1. The summed E-state index contributed by atoms with van der Waals surface area (Å²) in [6.07, 6.45) is 3.09. The van der Waals surface area contributed by atoms with Gasteiger partial charge in [0.05, 0.1) is 5.75 Å². The van der Waals surface area contributed by atoms with Crippen molar-refractivity contribution in [2.24, 2.45) is 5.92 Å². The molecule has 2 fully saturated rings. The van der Waals surface area contributed by atoms with E-state index in [0.29, 0.717) is 18.8 Å². The van der Waals surface area contributed by atoms with Crippen LogP contribution in [-0.2, 0) is 9.59 Å². The van der Waals surface area contributed by atoms with Crippen LogP contribution in [0.5, 0.6) is 0 Å². The zero-order valence-corrected chi connectivity index (χ0v) is 14.0. The summed E-state index contributed by atoms with van der Waals surface area (Å²) in [6, 6.07) is 6.39. The van der Waals surface area contributed by atoms with Gasteiger partial charge in [0, 0.05) is 26.1 Å². The van der Waals surface area contributed by atoms with Crippen molar-refractivity contribution >= 4 is 23.6 Å². The van der Waals surface area contributed by atoms with E-state index in [4.69, 9.17) is 0 Å². The number of hydrogen-bond acceptors (Lipinski definition) is 3. The molecular formula is C17H21FN2O2S.